The Balaban J connectivity index is 2.10. The van der Waals surface area contributed by atoms with E-state index in [0.717, 1.165) is 9.86 Å². The van der Waals surface area contributed by atoms with Gasteiger partial charge in [0.15, 0.2) is 5.76 Å². The van der Waals surface area contributed by atoms with E-state index >= 15 is 0 Å². The number of hydrogen-bond donors (Lipinski definition) is 0. The van der Waals surface area contributed by atoms with E-state index < -0.39 is 0 Å². The Morgan fingerprint density at radius 2 is 1.90 bits per heavy atom. The van der Waals surface area contributed by atoms with E-state index in [4.69, 9.17) is 27.6 Å². The molecule has 0 saturated heterocycles. The molecule has 0 fully saturated rings. The average molecular weight is 370 g/mol. The van der Waals surface area contributed by atoms with Crippen molar-refractivity contribution < 1.29 is 9.21 Å². The Morgan fingerprint density at radius 3 is 2.70 bits per heavy atom. The molecule has 0 bridgehead atoms. The first-order valence-corrected chi connectivity index (χ1v) is 7.29. The Hall–Kier alpha value is -1.29. The lowest BCUT2D eigenvalue weighted by Gasteiger charge is -2.02. The van der Waals surface area contributed by atoms with Crippen LogP contribution in [-0.4, -0.2) is 5.78 Å². The van der Waals surface area contributed by atoms with Crippen LogP contribution in [0.1, 0.15) is 16.1 Å². The number of ketones is 1. The Morgan fingerprint density at radius 1 is 1.10 bits per heavy atom. The molecule has 0 amide bonds. The maximum Gasteiger partial charge on any atom is 0.229 e. The van der Waals surface area contributed by atoms with Gasteiger partial charge in [0.05, 0.1) is 10.0 Å². The summed E-state index contributed by atoms with van der Waals surface area (Å²) in [5.74, 6) is -0.0490. The van der Waals surface area contributed by atoms with Gasteiger partial charge >= 0.3 is 0 Å². The smallest absolute Gasteiger partial charge is 0.229 e. The zero-order valence-corrected chi connectivity index (χ0v) is 13.1. The normalized spacial score (nSPS) is 10.9. The third-order valence-corrected chi connectivity index (χ3v) is 4.21. The number of halogens is 3. The summed E-state index contributed by atoms with van der Waals surface area (Å²) < 4.78 is 6.48. The fourth-order valence-electron chi connectivity index (χ4n) is 1.94. The van der Waals surface area contributed by atoms with E-state index in [1.165, 1.54) is 0 Å². The molecular formula is C15H7BrCl2O2. The van der Waals surface area contributed by atoms with E-state index in [1.807, 2.05) is 12.1 Å². The van der Waals surface area contributed by atoms with Gasteiger partial charge in [-0.15, -0.1) is 0 Å². The van der Waals surface area contributed by atoms with Gasteiger partial charge in [0.1, 0.15) is 5.58 Å². The molecule has 3 rings (SSSR count). The molecule has 0 aliphatic carbocycles. The number of rotatable bonds is 2. The van der Waals surface area contributed by atoms with Crippen molar-refractivity contribution in [1.29, 1.82) is 0 Å². The molecule has 0 N–H and O–H groups in total. The summed E-state index contributed by atoms with van der Waals surface area (Å²) >= 11 is 15.4. The predicted molar refractivity (Wildman–Crippen MR) is 83.8 cm³/mol. The molecule has 20 heavy (non-hydrogen) atoms. The predicted octanol–water partition coefficient (Wildman–Crippen LogP) is 5.73. The number of furan rings is 1. The lowest BCUT2D eigenvalue weighted by atomic mass is 10.1. The number of benzene rings is 2. The van der Waals surface area contributed by atoms with Crippen molar-refractivity contribution in [1.82, 2.24) is 0 Å². The van der Waals surface area contributed by atoms with Crippen LogP contribution < -0.4 is 0 Å². The highest BCUT2D eigenvalue weighted by Gasteiger charge is 2.18. The molecule has 5 heteroatoms. The number of carbonyl (C=O) groups is 1. The van der Waals surface area contributed by atoms with Gasteiger partial charge in [-0.25, -0.2) is 0 Å². The number of hydrogen-bond acceptors (Lipinski definition) is 2. The molecule has 0 saturated carbocycles. The first-order chi connectivity index (χ1) is 9.56. The third kappa shape index (κ3) is 2.37. The Kier molecular flexibility index (Phi) is 3.59. The maximum absolute atomic E-state index is 12.4. The molecule has 0 aliphatic heterocycles. The molecule has 0 radical (unpaired) electrons. The van der Waals surface area contributed by atoms with Gasteiger partial charge in [-0.05, 0) is 36.4 Å². The zero-order chi connectivity index (χ0) is 14.3. The van der Waals surface area contributed by atoms with E-state index in [-0.39, 0.29) is 16.6 Å². The van der Waals surface area contributed by atoms with Crippen molar-refractivity contribution in [2.75, 3.05) is 0 Å². The van der Waals surface area contributed by atoms with E-state index in [0.29, 0.717) is 16.2 Å². The monoisotopic (exact) mass is 368 g/mol. The molecule has 0 atom stereocenters. The van der Waals surface area contributed by atoms with Crippen molar-refractivity contribution in [2.45, 2.75) is 0 Å². The molecule has 0 spiro atoms. The molecule has 1 heterocycles. The summed E-state index contributed by atoms with van der Waals surface area (Å²) in [6.07, 6.45) is 0. The summed E-state index contributed by atoms with van der Waals surface area (Å²) in [5, 5.41) is 1.43. The molecule has 1 aromatic heterocycles. The van der Waals surface area contributed by atoms with Gasteiger partial charge in [-0.2, -0.15) is 0 Å². The fraction of sp³-hybridized carbons (Fsp3) is 0. The van der Waals surface area contributed by atoms with Crippen LogP contribution in [0.25, 0.3) is 11.0 Å². The topological polar surface area (TPSA) is 30.2 Å². The number of carbonyl (C=O) groups excluding carboxylic acids is 1. The van der Waals surface area contributed by atoms with Crippen molar-refractivity contribution in [2.24, 2.45) is 0 Å². The summed E-state index contributed by atoms with van der Waals surface area (Å²) in [7, 11) is 0. The van der Waals surface area contributed by atoms with Crippen molar-refractivity contribution in [3.63, 3.8) is 0 Å². The third-order valence-electron chi connectivity index (χ3n) is 2.90. The van der Waals surface area contributed by atoms with Gasteiger partial charge in [0.2, 0.25) is 5.78 Å². The molecule has 100 valence electrons. The van der Waals surface area contributed by atoms with Crippen LogP contribution in [0.15, 0.2) is 51.4 Å². The van der Waals surface area contributed by atoms with Crippen LogP contribution in [0.3, 0.4) is 0 Å². The molecule has 2 aromatic carbocycles. The quantitative estimate of drug-likeness (QED) is 0.539. The Labute approximate surface area is 133 Å². The van der Waals surface area contributed by atoms with E-state index in [9.17, 15) is 4.79 Å². The van der Waals surface area contributed by atoms with E-state index in [2.05, 4.69) is 15.9 Å². The second-order valence-electron chi connectivity index (χ2n) is 4.22. The highest BCUT2D eigenvalue weighted by atomic mass is 79.9. The first-order valence-electron chi connectivity index (χ1n) is 5.74. The largest absolute Gasteiger partial charge is 0.453 e. The summed E-state index contributed by atoms with van der Waals surface area (Å²) in [6, 6.07) is 12.2. The van der Waals surface area contributed by atoms with Gasteiger partial charge in [-0.1, -0.05) is 45.2 Å². The lowest BCUT2D eigenvalue weighted by Crippen LogP contribution is -2.00. The van der Waals surface area contributed by atoms with Crippen LogP contribution >= 0.6 is 39.1 Å². The minimum atomic E-state index is -0.287. The summed E-state index contributed by atoms with van der Waals surface area (Å²) in [5.41, 5.74) is 0.979. The van der Waals surface area contributed by atoms with Gasteiger partial charge in [-0.3, -0.25) is 4.79 Å². The maximum atomic E-state index is 12.4. The van der Waals surface area contributed by atoms with Crippen molar-refractivity contribution in [3.05, 3.63) is 68.3 Å². The highest BCUT2D eigenvalue weighted by Crippen LogP contribution is 2.29. The summed E-state index contributed by atoms with van der Waals surface area (Å²) in [6.45, 7) is 0. The van der Waals surface area contributed by atoms with Gasteiger partial charge < -0.3 is 4.42 Å². The molecule has 3 aromatic rings. The average Bonchev–Trinajstić information content (AvgIpc) is 2.84. The van der Waals surface area contributed by atoms with Crippen LogP contribution in [0, 0.1) is 0 Å². The first kappa shape index (κ1) is 13.7. The van der Waals surface area contributed by atoms with Crippen LogP contribution in [-0.2, 0) is 0 Å². The highest BCUT2D eigenvalue weighted by molar-refractivity contribution is 9.10. The molecule has 0 aliphatic rings. The standard InChI is InChI=1S/C15H7BrCl2O2/c16-9-4-5-12-8(6-9)7-13(20-12)15(19)10-2-1-3-11(17)14(10)18/h1-7H. The second-order valence-corrected chi connectivity index (χ2v) is 5.92. The van der Waals surface area contributed by atoms with Crippen molar-refractivity contribution in [3.8, 4) is 0 Å². The fourth-order valence-corrected chi connectivity index (χ4v) is 2.70. The van der Waals surface area contributed by atoms with Crippen LogP contribution in [0.4, 0.5) is 0 Å². The van der Waals surface area contributed by atoms with E-state index in [1.54, 1.807) is 30.3 Å². The summed E-state index contributed by atoms with van der Waals surface area (Å²) in [4.78, 5) is 12.4. The second kappa shape index (κ2) is 5.24. The van der Waals surface area contributed by atoms with Crippen LogP contribution in [0.5, 0.6) is 0 Å². The lowest BCUT2D eigenvalue weighted by molar-refractivity contribution is 0.101. The van der Waals surface area contributed by atoms with Crippen molar-refractivity contribution >= 4 is 55.9 Å². The minimum Gasteiger partial charge on any atom is -0.453 e. The van der Waals surface area contributed by atoms with Gasteiger partial charge in [0.25, 0.3) is 0 Å². The Bertz CT molecular complexity index is 824. The molecule has 0 unspecified atom stereocenters. The molecule has 2 nitrogen and oxygen atoms in total. The SMILES string of the molecule is O=C(c1cc2cc(Br)ccc2o1)c1cccc(Cl)c1Cl. The molecular weight excluding hydrogens is 363 g/mol. The van der Waals surface area contributed by atoms with Gasteiger partial charge in [0, 0.05) is 15.4 Å². The zero-order valence-electron chi connectivity index (χ0n) is 9.99. The number of fused-ring (bicyclic) bond motifs is 1. The van der Waals surface area contributed by atoms with Crippen LogP contribution in [0.2, 0.25) is 10.0 Å². The minimum absolute atomic E-state index is 0.237.